The van der Waals surface area contributed by atoms with Gasteiger partial charge in [0.15, 0.2) is 0 Å². The van der Waals surface area contributed by atoms with E-state index < -0.39 is 5.91 Å². The Kier molecular flexibility index (Phi) is 6.39. The number of hydrogen-bond acceptors (Lipinski definition) is 3. The van der Waals surface area contributed by atoms with Crippen molar-refractivity contribution in [2.75, 3.05) is 0 Å². The number of aromatic nitrogens is 3. The quantitative estimate of drug-likeness (QED) is 0.685. The molecule has 0 atom stereocenters. The zero-order valence-corrected chi connectivity index (χ0v) is 11.5. The normalized spacial score (nSPS) is 10.8. The van der Waals surface area contributed by atoms with Gasteiger partial charge >= 0.3 is 0 Å². The van der Waals surface area contributed by atoms with Gasteiger partial charge in [-0.1, -0.05) is 39.5 Å². The molecule has 18 heavy (non-hydrogen) atoms. The van der Waals surface area contributed by atoms with Crippen LogP contribution in [-0.4, -0.2) is 20.7 Å². The molecule has 1 aromatic heterocycles. The number of hydrogen-bond donors (Lipinski definition) is 1. The highest BCUT2D eigenvalue weighted by Gasteiger charge is 2.13. The fourth-order valence-corrected chi connectivity index (χ4v) is 1.89. The van der Waals surface area contributed by atoms with Crippen LogP contribution in [0, 0.1) is 0 Å². The van der Waals surface area contributed by atoms with Crippen molar-refractivity contribution in [3.05, 3.63) is 11.6 Å². The van der Waals surface area contributed by atoms with Crippen molar-refractivity contribution in [3.8, 4) is 0 Å². The van der Waals surface area contributed by atoms with Crippen molar-refractivity contribution < 1.29 is 4.79 Å². The first kappa shape index (κ1) is 14.7. The topological polar surface area (TPSA) is 73.8 Å². The summed E-state index contributed by atoms with van der Waals surface area (Å²) >= 11 is 0. The second-order valence-corrected chi connectivity index (χ2v) is 4.60. The number of unbranched alkanes of at least 4 members (excludes halogenated alkanes) is 4. The van der Waals surface area contributed by atoms with E-state index in [1.54, 1.807) is 0 Å². The second kappa shape index (κ2) is 7.84. The summed E-state index contributed by atoms with van der Waals surface area (Å²) < 4.78 is 1.85. The molecule has 2 N–H and O–H groups in total. The third-order valence-electron chi connectivity index (χ3n) is 2.95. The fourth-order valence-electron chi connectivity index (χ4n) is 1.89. The molecule has 0 bridgehead atoms. The highest BCUT2D eigenvalue weighted by atomic mass is 16.1. The first-order chi connectivity index (χ1) is 8.69. The Morgan fingerprint density at radius 2 is 1.83 bits per heavy atom. The zero-order chi connectivity index (χ0) is 13.4. The van der Waals surface area contributed by atoms with Crippen LogP contribution in [-0.2, 0) is 13.0 Å². The summed E-state index contributed by atoms with van der Waals surface area (Å²) in [5, 5.41) is 4.19. The minimum atomic E-state index is -0.541. The molecule has 0 unspecified atom stereocenters. The van der Waals surface area contributed by atoms with Gasteiger partial charge < -0.3 is 5.73 Å². The lowest BCUT2D eigenvalue weighted by atomic mass is 10.2. The maximum absolute atomic E-state index is 11.1. The summed E-state index contributed by atoms with van der Waals surface area (Å²) in [5.41, 5.74) is 5.23. The minimum Gasteiger partial charge on any atom is -0.363 e. The number of nitrogens with two attached hydrogens (primary N) is 1. The summed E-state index contributed by atoms with van der Waals surface area (Å²) in [7, 11) is 0. The van der Waals surface area contributed by atoms with Gasteiger partial charge in [0.2, 0.25) is 5.82 Å². The number of carbonyl (C=O) groups excluding carboxylic acids is 1. The van der Waals surface area contributed by atoms with Crippen LogP contribution in [0.4, 0.5) is 0 Å². The van der Waals surface area contributed by atoms with Crippen molar-refractivity contribution in [3.63, 3.8) is 0 Å². The molecule has 102 valence electrons. The van der Waals surface area contributed by atoms with E-state index in [1.165, 1.54) is 25.7 Å². The summed E-state index contributed by atoms with van der Waals surface area (Å²) in [4.78, 5) is 15.3. The molecule has 0 aliphatic carbocycles. The maximum Gasteiger partial charge on any atom is 0.288 e. The number of aryl methyl sites for hydroxylation is 2. The molecule has 1 rings (SSSR count). The van der Waals surface area contributed by atoms with Gasteiger partial charge in [-0.3, -0.25) is 4.79 Å². The van der Waals surface area contributed by atoms with Crippen molar-refractivity contribution in [1.29, 1.82) is 0 Å². The van der Waals surface area contributed by atoms with Gasteiger partial charge in [-0.25, -0.2) is 9.67 Å². The second-order valence-electron chi connectivity index (χ2n) is 4.60. The molecule has 1 heterocycles. The Morgan fingerprint density at radius 1 is 1.17 bits per heavy atom. The molecule has 0 spiro atoms. The van der Waals surface area contributed by atoms with Crippen LogP contribution in [0.2, 0.25) is 0 Å². The number of rotatable bonds is 9. The van der Waals surface area contributed by atoms with Gasteiger partial charge in [-0.2, -0.15) is 0 Å². The summed E-state index contributed by atoms with van der Waals surface area (Å²) in [5.74, 6) is 0.507. The van der Waals surface area contributed by atoms with Crippen LogP contribution in [0.3, 0.4) is 0 Å². The Bertz CT molecular complexity index is 346. The molecule has 0 saturated carbocycles. The largest absolute Gasteiger partial charge is 0.363 e. The van der Waals surface area contributed by atoms with Gasteiger partial charge in [-0.15, -0.1) is 5.10 Å². The molecule has 0 aliphatic heterocycles. The zero-order valence-electron chi connectivity index (χ0n) is 11.5. The number of amides is 1. The monoisotopic (exact) mass is 252 g/mol. The first-order valence-corrected chi connectivity index (χ1v) is 6.92. The van der Waals surface area contributed by atoms with Crippen LogP contribution in [0.15, 0.2) is 0 Å². The third kappa shape index (κ3) is 4.47. The lowest BCUT2D eigenvalue weighted by molar-refractivity contribution is 0.0990. The lowest BCUT2D eigenvalue weighted by Gasteiger charge is -2.04. The predicted octanol–water partition coefficient (Wildman–Crippen LogP) is 2.30. The van der Waals surface area contributed by atoms with Gasteiger partial charge in [0.05, 0.1) is 0 Å². The maximum atomic E-state index is 11.1. The predicted molar refractivity (Wildman–Crippen MR) is 71.3 cm³/mol. The van der Waals surface area contributed by atoms with E-state index in [0.29, 0.717) is 0 Å². The Labute approximate surface area is 109 Å². The van der Waals surface area contributed by atoms with Gasteiger partial charge in [0.1, 0.15) is 5.82 Å². The average Bonchev–Trinajstić information content (AvgIpc) is 2.74. The molecule has 0 saturated heterocycles. The molecule has 1 amide bonds. The van der Waals surface area contributed by atoms with Gasteiger partial charge in [-0.05, 0) is 12.8 Å². The van der Waals surface area contributed by atoms with Crippen molar-refractivity contribution >= 4 is 5.91 Å². The summed E-state index contributed by atoms with van der Waals surface area (Å²) in [6.45, 7) is 5.16. The molecule has 0 radical (unpaired) electrons. The van der Waals surface area contributed by atoms with E-state index >= 15 is 0 Å². The molecule has 1 aromatic rings. The van der Waals surface area contributed by atoms with E-state index in [4.69, 9.17) is 5.73 Å². The smallest absolute Gasteiger partial charge is 0.288 e. The van der Waals surface area contributed by atoms with Crippen LogP contribution in [0.5, 0.6) is 0 Å². The Hall–Kier alpha value is -1.39. The number of nitrogens with zero attached hydrogens (tertiary/aromatic N) is 3. The third-order valence-corrected chi connectivity index (χ3v) is 2.95. The van der Waals surface area contributed by atoms with Crippen molar-refractivity contribution in [2.24, 2.45) is 5.73 Å². The average molecular weight is 252 g/mol. The van der Waals surface area contributed by atoms with E-state index in [2.05, 4.69) is 23.9 Å². The lowest BCUT2D eigenvalue weighted by Crippen LogP contribution is -2.13. The highest BCUT2D eigenvalue weighted by Crippen LogP contribution is 2.07. The van der Waals surface area contributed by atoms with Gasteiger partial charge in [0.25, 0.3) is 5.91 Å². The summed E-state index contributed by atoms with van der Waals surface area (Å²) in [6.07, 6.45) is 7.71. The van der Waals surface area contributed by atoms with E-state index in [9.17, 15) is 4.79 Å². The highest BCUT2D eigenvalue weighted by molar-refractivity contribution is 5.88. The SMILES string of the molecule is CCCCCc1nc(C(N)=O)nn1CCCCC. The summed E-state index contributed by atoms with van der Waals surface area (Å²) in [6, 6.07) is 0. The van der Waals surface area contributed by atoms with E-state index in [0.717, 1.165) is 31.6 Å². The molecule has 5 nitrogen and oxygen atoms in total. The number of carbonyl (C=O) groups is 1. The molecular formula is C13H24N4O. The Morgan fingerprint density at radius 3 is 2.44 bits per heavy atom. The van der Waals surface area contributed by atoms with Crippen molar-refractivity contribution in [2.45, 2.75) is 65.3 Å². The van der Waals surface area contributed by atoms with E-state index in [1.807, 2.05) is 4.68 Å². The molecule has 0 aromatic carbocycles. The van der Waals surface area contributed by atoms with Crippen LogP contribution in [0.1, 0.15) is 68.8 Å². The van der Waals surface area contributed by atoms with Crippen LogP contribution < -0.4 is 5.73 Å². The fraction of sp³-hybridized carbons (Fsp3) is 0.769. The Balaban J connectivity index is 2.67. The standard InChI is InChI=1S/C13H24N4O/c1-3-5-7-9-11-15-13(12(14)18)16-17(11)10-8-6-4-2/h3-10H2,1-2H3,(H2,14,18). The number of primary amides is 1. The van der Waals surface area contributed by atoms with E-state index in [-0.39, 0.29) is 5.82 Å². The molecular weight excluding hydrogens is 228 g/mol. The molecule has 0 aliphatic rings. The molecule has 5 heteroatoms. The minimum absolute atomic E-state index is 0.151. The van der Waals surface area contributed by atoms with Crippen LogP contribution in [0.25, 0.3) is 0 Å². The first-order valence-electron chi connectivity index (χ1n) is 6.92. The van der Waals surface area contributed by atoms with Crippen molar-refractivity contribution in [1.82, 2.24) is 14.8 Å². The van der Waals surface area contributed by atoms with Crippen LogP contribution >= 0.6 is 0 Å². The molecule has 0 fully saturated rings. The van der Waals surface area contributed by atoms with Gasteiger partial charge in [0, 0.05) is 13.0 Å².